The largest absolute Gasteiger partial charge is 0.444 e. The van der Waals surface area contributed by atoms with Gasteiger partial charge in [-0.15, -0.1) is 0 Å². The van der Waals surface area contributed by atoms with E-state index in [9.17, 15) is 76.7 Å². The Labute approximate surface area is 469 Å². The molecule has 8 rings (SSSR count). The van der Waals surface area contributed by atoms with Gasteiger partial charge in [0.05, 0.1) is 0 Å². The number of hydrogen-bond acceptors (Lipinski definition) is 11. The highest BCUT2D eigenvalue weighted by atomic mass is 19.4. The maximum Gasteiger partial charge on any atom is 0.434 e. The summed E-state index contributed by atoms with van der Waals surface area (Å²) in [6, 6.07) is 11.8. The SMILES string of the molecule is C.CC(C)(C)OC(=O)N1CCc2cccc(C=O)c2C1.CC(C)(C)OC(=O)N1CCc2cccc(CN3CCC4(CCN(C(=O)OC(C(F)(F)F)C(F)(F)F)CC4)C3)c2C1.O=C(OC(C(F)(F)F)C(F)(F)F)N1CCC2(CCNC2)CC1. The molecule has 4 fully saturated rings. The molecule has 0 radical (unpaired) electrons. The van der Waals surface area contributed by atoms with Crippen LogP contribution < -0.4 is 5.32 Å². The molecule has 0 bridgehead atoms. The molecule has 4 saturated heterocycles. The standard InChI is InChI=1S/C27H35F6N3O4.C15H19NO3.C12H16F6N2O2.CH4/c1-24(2,3)40-23(38)36-11-7-18-5-4-6-19(20(18)16-36)15-34-12-8-25(17-34)9-13-35(14-10-25)22(37)39-21(26(28,29)30)27(31,32)33;1-15(2,3)19-14(18)16-8-7-11-5-4-6-12(10-17)13(11)9-16;13-11(14,15)8(12(16,17)18)22-9(21)20-5-2-10(3-6-20)1-4-19-7-10;/h4-6,21H,7-17H2,1-3H3;4-6,10H,7-9H2,1-3H3;8,19H,1-7H2;1H4. The third kappa shape index (κ3) is 18.1. The number of hydrogen-bond donors (Lipinski definition) is 1. The van der Waals surface area contributed by atoms with E-state index in [1.165, 1.54) is 5.56 Å². The van der Waals surface area contributed by atoms with Gasteiger partial charge in [0.2, 0.25) is 0 Å². The number of nitrogens with one attached hydrogen (secondary N) is 1. The zero-order chi connectivity index (χ0) is 60.1. The first kappa shape index (κ1) is 67.1. The van der Waals surface area contributed by atoms with Crippen LogP contribution in [0.1, 0.15) is 126 Å². The summed E-state index contributed by atoms with van der Waals surface area (Å²) in [5, 5.41) is 3.17. The summed E-state index contributed by atoms with van der Waals surface area (Å²) >= 11 is 0. The molecule has 27 heteroatoms. The van der Waals surface area contributed by atoms with Gasteiger partial charge in [-0.25, -0.2) is 19.2 Å². The first-order chi connectivity index (χ1) is 37.4. The van der Waals surface area contributed by atoms with E-state index < -0.39 is 60.3 Å². The van der Waals surface area contributed by atoms with Crippen LogP contribution in [0.2, 0.25) is 0 Å². The molecule has 2 spiro atoms. The fraction of sp³-hybridized carbons (Fsp3) is 0.691. The van der Waals surface area contributed by atoms with Gasteiger partial charge in [-0.3, -0.25) is 9.69 Å². The number of aldehydes is 1. The van der Waals surface area contributed by atoms with E-state index in [2.05, 4.69) is 25.8 Å². The zero-order valence-corrected chi connectivity index (χ0v) is 46.0. The maximum absolute atomic E-state index is 12.8. The topological polar surface area (TPSA) is 150 Å². The molecule has 6 heterocycles. The average Bonchev–Trinajstić information content (AvgIpc) is 4.11. The zero-order valence-electron chi connectivity index (χ0n) is 46.0. The molecule has 15 nitrogen and oxygen atoms in total. The molecular weight excluding hydrogens is 1120 g/mol. The third-order valence-corrected chi connectivity index (χ3v) is 15.1. The number of alkyl halides is 12. The quantitative estimate of drug-likeness (QED) is 0.173. The van der Waals surface area contributed by atoms with E-state index in [0.717, 1.165) is 83.7 Å². The lowest BCUT2D eigenvalue weighted by Crippen LogP contribution is -2.50. The summed E-state index contributed by atoms with van der Waals surface area (Å²) in [5.41, 5.74) is 4.86. The lowest BCUT2D eigenvalue weighted by Gasteiger charge is -2.39. The van der Waals surface area contributed by atoms with Crippen molar-refractivity contribution in [1.29, 1.82) is 0 Å². The van der Waals surface area contributed by atoms with E-state index >= 15 is 0 Å². The number of amides is 4. The maximum atomic E-state index is 12.8. The fourth-order valence-electron chi connectivity index (χ4n) is 10.8. The molecule has 2 aromatic carbocycles. The minimum atomic E-state index is -5.74. The molecule has 2 aromatic rings. The van der Waals surface area contributed by atoms with Gasteiger partial charge in [-0.2, -0.15) is 52.7 Å². The van der Waals surface area contributed by atoms with Gasteiger partial charge in [0, 0.05) is 77.6 Å². The Kier molecular flexibility index (Phi) is 21.3. The molecular formula is C55H74F12N6O9. The Morgan fingerprint density at radius 1 is 0.549 bits per heavy atom. The predicted molar refractivity (Wildman–Crippen MR) is 274 cm³/mol. The van der Waals surface area contributed by atoms with Gasteiger partial charge >= 0.3 is 49.1 Å². The Balaban J connectivity index is 0.000000247. The van der Waals surface area contributed by atoms with Crippen molar-refractivity contribution in [2.24, 2.45) is 10.8 Å². The van der Waals surface area contributed by atoms with Gasteiger partial charge in [0.1, 0.15) is 17.5 Å². The summed E-state index contributed by atoms with van der Waals surface area (Å²) < 4.78 is 169. The lowest BCUT2D eigenvalue weighted by molar-refractivity contribution is -0.309. The number of piperidine rings is 2. The van der Waals surface area contributed by atoms with E-state index in [4.69, 9.17) is 9.47 Å². The van der Waals surface area contributed by atoms with Gasteiger partial charge in [-0.05, 0) is 145 Å². The number of benzene rings is 2. The van der Waals surface area contributed by atoms with Gasteiger partial charge in [-0.1, -0.05) is 43.8 Å². The third-order valence-electron chi connectivity index (χ3n) is 15.1. The number of nitrogens with zero attached hydrogens (tertiary/aromatic N) is 5. The number of carbonyl (C=O) groups is 5. The fourth-order valence-corrected chi connectivity index (χ4v) is 10.8. The molecule has 6 aliphatic heterocycles. The van der Waals surface area contributed by atoms with Crippen LogP contribution in [0.3, 0.4) is 0 Å². The van der Waals surface area contributed by atoms with E-state index in [0.29, 0.717) is 70.5 Å². The molecule has 0 unspecified atom stereocenters. The molecule has 82 heavy (non-hydrogen) atoms. The van der Waals surface area contributed by atoms with E-state index in [1.54, 1.807) is 15.9 Å². The molecule has 1 N–H and O–H groups in total. The van der Waals surface area contributed by atoms with E-state index in [-0.39, 0.29) is 56.6 Å². The Hall–Kier alpha value is -5.73. The molecule has 0 aliphatic carbocycles. The van der Waals surface area contributed by atoms with Crippen LogP contribution in [0.15, 0.2) is 36.4 Å². The Morgan fingerprint density at radius 3 is 1.38 bits per heavy atom. The average molecular weight is 1190 g/mol. The number of carbonyl (C=O) groups excluding carboxylic acids is 5. The number of likely N-dealkylation sites (tertiary alicyclic amines) is 3. The smallest absolute Gasteiger partial charge is 0.434 e. The molecule has 0 aromatic heterocycles. The minimum Gasteiger partial charge on any atom is -0.444 e. The van der Waals surface area contributed by atoms with Crippen LogP contribution >= 0.6 is 0 Å². The summed E-state index contributed by atoms with van der Waals surface area (Å²) in [4.78, 5) is 67.0. The van der Waals surface area contributed by atoms with Crippen molar-refractivity contribution >= 4 is 30.7 Å². The van der Waals surface area contributed by atoms with Gasteiger partial charge in [0.25, 0.3) is 12.2 Å². The monoisotopic (exact) mass is 1190 g/mol. The van der Waals surface area contributed by atoms with Gasteiger partial charge < -0.3 is 43.9 Å². The number of ether oxygens (including phenoxy) is 4. The second-order valence-corrected chi connectivity index (χ2v) is 23.5. The first-order valence-electron chi connectivity index (χ1n) is 26.6. The summed E-state index contributed by atoms with van der Waals surface area (Å²) in [6.45, 7) is 17.1. The molecule has 6 aliphatic rings. The van der Waals surface area contributed by atoms with Crippen molar-refractivity contribution < 1.29 is 95.6 Å². The number of fused-ring (bicyclic) bond motifs is 2. The predicted octanol–water partition coefficient (Wildman–Crippen LogP) is 12.0. The second kappa shape index (κ2) is 26.0. The van der Waals surface area contributed by atoms with Crippen molar-refractivity contribution in [1.82, 2.24) is 29.8 Å². The van der Waals surface area contributed by atoms with Crippen LogP contribution in [-0.2, 0) is 51.4 Å². The van der Waals surface area contributed by atoms with Crippen molar-refractivity contribution in [3.63, 3.8) is 0 Å². The lowest BCUT2D eigenvalue weighted by atomic mass is 9.78. The van der Waals surface area contributed by atoms with Crippen LogP contribution in [-0.4, -0.2) is 169 Å². The van der Waals surface area contributed by atoms with Crippen molar-refractivity contribution in [3.05, 3.63) is 69.8 Å². The summed E-state index contributed by atoms with van der Waals surface area (Å²) in [7, 11) is 0. The van der Waals surface area contributed by atoms with Crippen LogP contribution in [0.4, 0.5) is 71.9 Å². The number of rotatable bonds is 5. The normalized spacial score (nSPS) is 19.3. The van der Waals surface area contributed by atoms with Crippen molar-refractivity contribution in [3.8, 4) is 0 Å². The molecule has 462 valence electrons. The number of halogens is 12. The van der Waals surface area contributed by atoms with Gasteiger partial charge in [0.15, 0.2) is 0 Å². The van der Waals surface area contributed by atoms with E-state index in [1.807, 2.05) is 65.8 Å². The molecule has 0 saturated carbocycles. The highest BCUT2D eigenvalue weighted by molar-refractivity contribution is 5.79. The van der Waals surface area contributed by atoms with Crippen molar-refractivity contribution in [2.75, 3.05) is 65.4 Å². The van der Waals surface area contributed by atoms with Crippen LogP contribution in [0.5, 0.6) is 0 Å². The Bertz CT molecular complexity index is 2500. The molecule has 0 atom stereocenters. The highest BCUT2D eigenvalue weighted by Gasteiger charge is 2.61. The van der Waals surface area contributed by atoms with Crippen molar-refractivity contribution in [2.45, 2.75) is 168 Å². The molecule has 4 amide bonds. The summed E-state index contributed by atoms with van der Waals surface area (Å²) in [6.07, 6.45) is -28.9. The second-order valence-electron chi connectivity index (χ2n) is 23.5. The summed E-state index contributed by atoms with van der Waals surface area (Å²) in [5.74, 6) is 0. The van der Waals surface area contributed by atoms with Crippen LogP contribution in [0, 0.1) is 10.8 Å². The minimum absolute atomic E-state index is 0. The Morgan fingerprint density at radius 2 is 0.963 bits per heavy atom. The highest BCUT2D eigenvalue weighted by Crippen LogP contribution is 2.43. The first-order valence-corrected chi connectivity index (χ1v) is 26.6. The van der Waals surface area contributed by atoms with Crippen LogP contribution in [0.25, 0.3) is 0 Å².